The Labute approximate surface area is 283 Å². The first-order valence-corrected chi connectivity index (χ1v) is 17.2. The average Bonchev–Trinajstić information content (AvgIpc) is 3.63. The van der Waals surface area contributed by atoms with Gasteiger partial charge in [0, 0.05) is 49.4 Å². The molecule has 9 nitrogen and oxygen atoms in total. The summed E-state index contributed by atoms with van der Waals surface area (Å²) < 4.78 is 35.1. The molecule has 4 aliphatic heterocycles. The van der Waals surface area contributed by atoms with Gasteiger partial charge in [0.05, 0.1) is 22.8 Å². The van der Waals surface area contributed by atoms with Gasteiger partial charge in [0.1, 0.15) is 24.3 Å². The third kappa shape index (κ3) is 5.34. The van der Waals surface area contributed by atoms with Crippen LogP contribution >= 0.6 is 11.6 Å². The Morgan fingerprint density at radius 3 is 2.77 bits per heavy atom. The molecule has 0 radical (unpaired) electrons. The second-order valence-corrected chi connectivity index (χ2v) is 14.6. The lowest BCUT2D eigenvalue weighted by Gasteiger charge is -2.41. The van der Waals surface area contributed by atoms with Gasteiger partial charge < -0.3 is 24.3 Å². The normalized spacial score (nSPS) is 24.5. The van der Waals surface area contributed by atoms with E-state index >= 15 is 0 Å². The summed E-state index contributed by atoms with van der Waals surface area (Å²) >= 11 is 6.53. The zero-order chi connectivity index (χ0) is 33.2. The van der Waals surface area contributed by atoms with Crippen molar-refractivity contribution in [1.82, 2.24) is 19.8 Å². The Bertz CT molecular complexity index is 1860. The van der Waals surface area contributed by atoms with Gasteiger partial charge in [-0.2, -0.15) is 9.97 Å². The molecule has 1 amide bonds. The highest BCUT2D eigenvalue weighted by Crippen LogP contribution is 2.60. The summed E-state index contributed by atoms with van der Waals surface area (Å²) in [6, 6.07) is 8.77. The van der Waals surface area contributed by atoms with Crippen LogP contribution in [0.15, 0.2) is 42.7 Å². The van der Waals surface area contributed by atoms with Gasteiger partial charge in [-0.1, -0.05) is 36.4 Å². The predicted molar refractivity (Wildman–Crippen MR) is 180 cm³/mol. The topological polar surface area (TPSA) is 69.4 Å². The van der Waals surface area contributed by atoms with Gasteiger partial charge >= 0.3 is 6.01 Å². The fourth-order valence-electron chi connectivity index (χ4n) is 8.73. The third-order valence-corrected chi connectivity index (χ3v) is 11.6. The van der Waals surface area contributed by atoms with Gasteiger partial charge in [0.15, 0.2) is 5.83 Å². The number of hydrogen-bond acceptors (Lipinski definition) is 7. The number of carbonyl (C=O) groups is 1. The van der Waals surface area contributed by atoms with Crippen molar-refractivity contribution in [2.45, 2.75) is 56.7 Å². The van der Waals surface area contributed by atoms with Crippen LogP contribution < -0.4 is 14.5 Å². The molecule has 12 heteroatoms. The second-order valence-electron chi connectivity index (χ2n) is 14.2. The van der Waals surface area contributed by atoms with E-state index < -0.39 is 23.6 Å². The number of nitrogens with zero attached hydrogens (tertiary/aromatic N) is 7. The number of hydrogen-bond donors (Lipinski definition) is 0. The van der Waals surface area contributed by atoms with Crippen LogP contribution in [-0.4, -0.2) is 89.7 Å². The minimum Gasteiger partial charge on any atom is -0.461 e. The van der Waals surface area contributed by atoms with Gasteiger partial charge in [0.2, 0.25) is 6.54 Å². The van der Waals surface area contributed by atoms with Gasteiger partial charge in [-0.3, -0.25) is 9.69 Å². The maximum absolute atomic E-state index is 14.6. The number of fused-ring (bicyclic) bond motifs is 3. The average molecular weight is 674 g/mol. The molecule has 4 fully saturated rings. The van der Waals surface area contributed by atoms with Gasteiger partial charge in [-0.25, -0.2) is 15.4 Å². The molecule has 3 saturated heterocycles. The largest absolute Gasteiger partial charge is 0.461 e. The first-order valence-electron chi connectivity index (χ1n) is 16.8. The maximum atomic E-state index is 14.6. The van der Waals surface area contributed by atoms with E-state index in [1.807, 2.05) is 18.2 Å². The van der Waals surface area contributed by atoms with E-state index in [0.29, 0.717) is 56.0 Å². The SMILES string of the molecule is [C-]#[N+]C[C@H]1CN(c2nc(OCC34CCCN3CC3(CC3)C4)nc3c2CCN(c2cccc4ccc(F)c(Cl)c24)C3)CCN1C(=O)C(=C)F. The fraction of sp³-hybridized carbons (Fsp3) is 0.500. The number of anilines is 2. The van der Waals surface area contributed by atoms with Gasteiger partial charge in [0.25, 0.3) is 5.91 Å². The molecule has 0 N–H and O–H groups in total. The molecular weight excluding hydrogens is 636 g/mol. The third-order valence-electron chi connectivity index (χ3n) is 11.3. The van der Waals surface area contributed by atoms with Crippen LogP contribution in [0.2, 0.25) is 5.02 Å². The number of benzene rings is 2. The lowest BCUT2D eigenvalue weighted by molar-refractivity contribution is -0.131. The van der Waals surface area contributed by atoms with E-state index in [9.17, 15) is 13.6 Å². The number of rotatable bonds is 7. The summed E-state index contributed by atoms with van der Waals surface area (Å²) in [5.41, 5.74) is 3.08. The molecular formula is C36H38ClF2N7O2. The smallest absolute Gasteiger partial charge is 0.318 e. The summed E-state index contributed by atoms with van der Waals surface area (Å²) in [4.78, 5) is 34.5. The number of halogens is 3. The molecule has 1 aromatic heterocycles. The molecule has 250 valence electrons. The number of ether oxygens (including phenoxy) is 1. The van der Waals surface area contributed by atoms with E-state index in [0.717, 1.165) is 60.5 Å². The zero-order valence-corrected chi connectivity index (χ0v) is 27.6. The van der Waals surface area contributed by atoms with Crippen LogP contribution in [0.5, 0.6) is 6.01 Å². The molecule has 2 atom stereocenters. The Morgan fingerprint density at radius 2 is 1.98 bits per heavy atom. The van der Waals surface area contributed by atoms with Crippen LogP contribution in [0.4, 0.5) is 20.3 Å². The number of aromatic nitrogens is 2. The molecule has 0 bridgehead atoms. The van der Waals surface area contributed by atoms with Crippen LogP contribution in [0, 0.1) is 17.8 Å². The molecule has 1 unspecified atom stereocenters. The quantitative estimate of drug-likeness (QED) is 0.232. The summed E-state index contributed by atoms with van der Waals surface area (Å²) in [5, 5.41) is 1.62. The van der Waals surface area contributed by atoms with Crippen molar-refractivity contribution in [3.8, 4) is 6.01 Å². The van der Waals surface area contributed by atoms with Crippen molar-refractivity contribution in [3.05, 3.63) is 76.3 Å². The van der Waals surface area contributed by atoms with Crippen LogP contribution in [-0.2, 0) is 17.8 Å². The maximum Gasteiger partial charge on any atom is 0.318 e. The van der Waals surface area contributed by atoms with Crippen LogP contribution in [0.25, 0.3) is 15.6 Å². The van der Waals surface area contributed by atoms with Crippen molar-refractivity contribution >= 4 is 39.8 Å². The minimum atomic E-state index is -1.03. The molecule has 8 rings (SSSR count). The number of carbonyl (C=O) groups excluding carboxylic acids is 1. The molecule has 5 heterocycles. The minimum absolute atomic E-state index is 0.00715. The number of piperazine rings is 1. The van der Waals surface area contributed by atoms with Crippen molar-refractivity contribution in [2.75, 3.05) is 62.2 Å². The van der Waals surface area contributed by atoms with Gasteiger partial charge in [-0.15, -0.1) is 0 Å². The first-order chi connectivity index (χ1) is 23.2. The highest BCUT2D eigenvalue weighted by molar-refractivity contribution is 6.36. The first kappa shape index (κ1) is 31.3. The van der Waals surface area contributed by atoms with Crippen LogP contribution in [0.3, 0.4) is 0 Å². The summed E-state index contributed by atoms with van der Waals surface area (Å²) in [5.74, 6) is -1.54. The Balaban J connectivity index is 1.14. The molecule has 1 saturated carbocycles. The van der Waals surface area contributed by atoms with E-state index in [2.05, 4.69) is 26.1 Å². The standard InChI is InChI=1S/C36H38ClF2N7O2/c1-23(38)33(47)46-16-15-44(18-25(46)17-40-2)32-26-9-14-43(29-6-3-5-24-7-8-27(39)31(37)30(24)29)19-28(26)41-34(42-32)48-22-36-10-4-13-45(36)21-35(20-36)11-12-35/h3,5-8,25H,1,4,9-22H2/t25-,36?/m0/s1. The highest BCUT2D eigenvalue weighted by atomic mass is 35.5. The summed E-state index contributed by atoms with van der Waals surface area (Å²) in [6.07, 6.45) is 6.61. The van der Waals surface area contributed by atoms with Crippen molar-refractivity contribution in [2.24, 2.45) is 5.41 Å². The Hall–Kier alpha value is -4.01. The lowest BCUT2D eigenvalue weighted by Crippen LogP contribution is -2.57. The predicted octanol–water partition coefficient (Wildman–Crippen LogP) is 5.80. The molecule has 2 aromatic carbocycles. The van der Waals surface area contributed by atoms with E-state index in [4.69, 9.17) is 32.9 Å². The van der Waals surface area contributed by atoms with E-state index in [-0.39, 0.29) is 23.7 Å². The molecule has 3 aromatic rings. The summed E-state index contributed by atoms with van der Waals surface area (Å²) in [6.45, 7) is 15.6. The van der Waals surface area contributed by atoms with Crippen molar-refractivity contribution in [3.63, 3.8) is 0 Å². The van der Waals surface area contributed by atoms with Gasteiger partial charge in [-0.05, 0) is 68.0 Å². The monoisotopic (exact) mass is 673 g/mol. The summed E-state index contributed by atoms with van der Waals surface area (Å²) in [7, 11) is 0. The number of amides is 1. The highest BCUT2D eigenvalue weighted by Gasteiger charge is 2.60. The van der Waals surface area contributed by atoms with E-state index in [1.165, 1.54) is 23.8 Å². The molecule has 1 spiro atoms. The molecule has 1 aliphatic carbocycles. The zero-order valence-electron chi connectivity index (χ0n) is 26.9. The fourth-order valence-corrected chi connectivity index (χ4v) is 9.00. The Kier molecular flexibility index (Phi) is 7.72. The molecule has 48 heavy (non-hydrogen) atoms. The van der Waals surface area contributed by atoms with E-state index in [1.54, 1.807) is 6.07 Å². The Morgan fingerprint density at radius 1 is 1.12 bits per heavy atom. The lowest BCUT2D eigenvalue weighted by atomic mass is 9.89. The molecule has 5 aliphatic rings. The second kappa shape index (κ2) is 11.8. The van der Waals surface area contributed by atoms with Crippen LogP contribution in [0.1, 0.15) is 43.4 Å². The van der Waals surface area contributed by atoms with Crippen molar-refractivity contribution < 1.29 is 18.3 Å². The van der Waals surface area contributed by atoms with Crippen molar-refractivity contribution in [1.29, 1.82) is 0 Å².